The Bertz CT molecular complexity index is 1130. The van der Waals surface area contributed by atoms with Crippen molar-refractivity contribution in [1.29, 1.82) is 0 Å². The lowest BCUT2D eigenvalue weighted by Gasteiger charge is -2.24. The van der Waals surface area contributed by atoms with E-state index in [-0.39, 0.29) is 29.8 Å². The maximum Gasteiger partial charge on any atom is 0.270 e. The summed E-state index contributed by atoms with van der Waals surface area (Å²) < 4.78 is 0. The maximum atomic E-state index is 12.3. The minimum absolute atomic E-state index is 0.0107. The third-order valence-corrected chi connectivity index (χ3v) is 4.98. The van der Waals surface area contributed by atoms with Crippen LogP contribution in [0.2, 0.25) is 0 Å². The van der Waals surface area contributed by atoms with Crippen LogP contribution < -0.4 is 10.6 Å². The van der Waals surface area contributed by atoms with Crippen molar-refractivity contribution in [2.75, 3.05) is 10.6 Å². The van der Waals surface area contributed by atoms with Gasteiger partial charge in [-0.25, -0.2) is 4.98 Å². The van der Waals surface area contributed by atoms with Gasteiger partial charge in [-0.05, 0) is 42.7 Å². The molecule has 1 aliphatic rings. The third kappa shape index (κ3) is 4.06. The summed E-state index contributed by atoms with van der Waals surface area (Å²) in [5.74, 6) is -0.178. The van der Waals surface area contributed by atoms with Crippen molar-refractivity contribution in [2.45, 2.75) is 19.3 Å². The van der Waals surface area contributed by atoms with Gasteiger partial charge in [-0.15, -0.1) is 0 Å². The summed E-state index contributed by atoms with van der Waals surface area (Å²) in [4.78, 5) is 39.3. The lowest BCUT2D eigenvalue weighted by Crippen LogP contribution is -2.30. The van der Waals surface area contributed by atoms with E-state index in [4.69, 9.17) is 0 Å². The molecule has 29 heavy (non-hydrogen) atoms. The highest BCUT2D eigenvalue weighted by atomic mass is 16.6. The van der Waals surface area contributed by atoms with Crippen LogP contribution in [0.4, 0.5) is 17.2 Å². The zero-order chi connectivity index (χ0) is 20.4. The van der Waals surface area contributed by atoms with Crippen LogP contribution in [-0.2, 0) is 16.0 Å². The first-order valence-electron chi connectivity index (χ1n) is 9.23. The number of nitrogens with one attached hydrogen (secondary N) is 2. The molecule has 8 nitrogen and oxygen atoms in total. The molecule has 0 radical (unpaired) electrons. The van der Waals surface area contributed by atoms with Crippen LogP contribution in [-0.4, -0.2) is 21.7 Å². The summed E-state index contributed by atoms with van der Waals surface area (Å²) in [6.07, 6.45) is 1.24. The molecule has 2 aromatic carbocycles. The van der Waals surface area contributed by atoms with Gasteiger partial charge in [0.05, 0.1) is 10.4 Å². The van der Waals surface area contributed by atoms with Crippen molar-refractivity contribution in [3.63, 3.8) is 0 Å². The Labute approximate surface area is 166 Å². The van der Waals surface area contributed by atoms with Crippen molar-refractivity contribution in [3.05, 3.63) is 70.3 Å². The molecular formula is C21H18N4O4. The fourth-order valence-corrected chi connectivity index (χ4v) is 3.45. The molecule has 0 fully saturated rings. The summed E-state index contributed by atoms with van der Waals surface area (Å²) >= 11 is 0. The van der Waals surface area contributed by atoms with Gasteiger partial charge in [0.2, 0.25) is 11.8 Å². The zero-order valence-electron chi connectivity index (χ0n) is 15.4. The molecule has 146 valence electrons. The van der Waals surface area contributed by atoms with Crippen LogP contribution >= 0.6 is 0 Å². The Hall–Kier alpha value is -3.81. The number of amides is 2. The number of aromatic nitrogens is 1. The fraction of sp³-hybridized carbons (Fsp3) is 0.190. The number of nitro groups is 1. The summed E-state index contributed by atoms with van der Waals surface area (Å²) in [7, 11) is 0. The average Bonchev–Trinajstić information content (AvgIpc) is 2.71. The molecule has 0 saturated carbocycles. The van der Waals surface area contributed by atoms with Crippen molar-refractivity contribution >= 4 is 39.9 Å². The number of nitrogens with zero attached hydrogens (tertiary/aromatic N) is 2. The third-order valence-electron chi connectivity index (χ3n) is 4.98. The molecule has 1 aliphatic heterocycles. The van der Waals surface area contributed by atoms with Gasteiger partial charge in [-0.2, -0.15) is 0 Å². The normalized spacial score (nSPS) is 15.4. The van der Waals surface area contributed by atoms with Crippen LogP contribution in [0.3, 0.4) is 0 Å². The van der Waals surface area contributed by atoms with Crippen LogP contribution in [0.5, 0.6) is 0 Å². The van der Waals surface area contributed by atoms with Gasteiger partial charge in [0.15, 0.2) is 0 Å². The first kappa shape index (κ1) is 18.5. The minimum atomic E-state index is -0.463. The van der Waals surface area contributed by atoms with Gasteiger partial charge in [0.25, 0.3) is 5.69 Å². The smallest absolute Gasteiger partial charge is 0.270 e. The second-order valence-electron chi connectivity index (χ2n) is 6.96. The molecule has 8 heteroatoms. The predicted molar refractivity (Wildman–Crippen MR) is 109 cm³/mol. The number of carbonyl (C=O) groups excluding carboxylic acids is 2. The fourth-order valence-electron chi connectivity index (χ4n) is 3.45. The molecule has 0 aliphatic carbocycles. The number of fused-ring (bicyclic) bond motifs is 2. The molecule has 2 N–H and O–H groups in total. The van der Waals surface area contributed by atoms with E-state index in [0.717, 1.165) is 11.3 Å². The second kappa shape index (κ2) is 7.67. The first-order chi connectivity index (χ1) is 14.0. The minimum Gasteiger partial charge on any atom is -0.326 e. The molecule has 0 saturated heterocycles. The van der Waals surface area contributed by atoms with Crippen molar-refractivity contribution in [3.8, 4) is 0 Å². The molecule has 3 aromatic rings. The van der Waals surface area contributed by atoms with Gasteiger partial charge in [-0.1, -0.05) is 18.2 Å². The van der Waals surface area contributed by atoms with E-state index < -0.39 is 4.92 Å². The molecule has 1 unspecified atom stereocenters. The van der Waals surface area contributed by atoms with Crippen molar-refractivity contribution < 1.29 is 14.5 Å². The Morgan fingerprint density at radius 1 is 1.21 bits per heavy atom. The Morgan fingerprint density at radius 3 is 2.86 bits per heavy atom. The SMILES string of the molecule is O=C(CCC1Cc2ccccc2NC1=O)Nc1ccc2cc([N+](=O)[O-])ccc2n1. The zero-order valence-corrected chi connectivity index (χ0v) is 15.4. The first-order valence-corrected chi connectivity index (χ1v) is 9.23. The highest BCUT2D eigenvalue weighted by Crippen LogP contribution is 2.27. The van der Waals surface area contributed by atoms with E-state index in [9.17, 15) is 19.7 Å². The number of nitro benzene ring substituents is 1. The number of rotatable bonds is 5. The summed E-state index contributed by atoms with van der Waals surface area (Å²) in [6.45, 7) is 0. The lowest BCUT2D eigenvalue weighted by molar-refractivity contribution is -0.384. The van der Waals surface area contributed by atoms with E-state index in [1.54, 1.807) is 18.2 Å². The maximum absolute atomic E-state index is 12.3. The van der Waals surface area contributed by atoms with E-state index in [0.29, 0.717) is 29.6 Å². The topological polar surface area (TPSA) is 114 Å². The number of anilines is 2. The Kier molecular flexibility index (Phi) is 4.90. The van der Waals surface area contributed by atoms with Crippen LogP contribution in [0.1, 0.15) is 18.4 Å². The van der Waals surface area contributed by atoms with E-state index >= 15 is 0 Å². The van der Waals surface area contributed by atoms with Crippen LogP contribution in [0.15, 0.2) is 54.6 Å². The monoisotopic (exact) mass is 390 g/mol. The molecule has 2 heterocycles. The molecule has 1 aromatic heterocycles. The molecule has 2 amide bonds. The van der Waals surface area contributed by atoms with Crippen LogP contribution in [0.25, 0.3) is 10.9 Å². The predicted octanol–water partition coefficient (Wildman–Crippen LogP) is 3.67. The number of pyridine rings is 1. The Morgan fingerprint density at radius 2 is 2.03 bits per heavy atom. The highest BCUT2D eigenvalue weighted by Gasteiger charge is 2.26. The number of hydrogen-bond donors (Lipinski definition) is 2. The molecule has 0 bridgehead atoms. The Balaban J connectivity index is 1.38. The largest absolute Gasteiger partial charge is 0.326 e. The van der Waals surface area contributed by atoms with Gasteiger partial charge < -0.3 is 10.6 Å². The van der Waals surface area contributed by atoms with E-state index in [1.807, 2.05) is 24.3 Å². The number of para-hydroxylation sites is 1. The molecular weight excluding hydrogens is 372 g/mol. The summed E-state index contributed by atoms with van der Waals surface area (Å²) in [5.41, 5.74) is 2.45. The molecule has 4 rings (SSSR count). The van der Waals surface area contributed by atoms with Gasteiger partial charge in [-0.3, -0.25) is 19.7 Å². The standard InChI is InChI=1S/C21H18N4O4/c26-20(10-6-15-11-13-3-1-2-4-17(13)23-21(15)27)24-19-9-5-14-12-16(25(28)29)7-8-18(14)22-19/h1-5,7-9,12,15H,6,10-11H2,(H,23,27)(H,22,24,26). The average molecular weight is 390 g/mol. The lowest BCUT2D eigenvalue weighted by atomic mass is 9.89. The summed E-state index contributed by atoms with van der Waals surface area (Å²) in [6, 6.07) is 15.3. The van der Waals surface area contributed by atoms with Crippen molar-refractivity contribution in [2.24, 2.45) is 5.92 Å². The quantitative estimate of drug-likeness (QED) is 0.509. The molecule has 1 atom stereocenters. The van der Waals surface area contributed by atoms with Crippen LogP contribution in [0, 0.1) is 16.0 Å². The number of hydrogen-bond acceptors (Lipinski definition) is 5. The number of carbonyl (C=O) groups is 2. The summed E-state index contributed by atoms with van der Waals surface area (Å²) in [5, 5.41) is 17.1. The van der Waals surface area contributed by atoms with E-state index in [2.05, 4.69) is 15.6 Å². The van der Waals surface area contributed by atoms with Crippen molar-refractivity contribution in [1.82, 2.24) is 4.98 Å². The second-order valence-corrected chi connectivity index (χ2v) is 6.96. The van der Waals surface area contributed by atoms with E-state index in [1.165, 1.54) is 12.1 Å². The van der Waals surface area contributed by atoms with Gasteiger partial charge >= 0.3 is 0 Å². The van der Waals surface area contributed by atoms with Gasteiger partial charge in [0, 0.05) is 35.5 Å². The van der Waals surface area contributed by atoms with Gasteiger partial charge in [0.1, 0.15) is 5.82 Å². The highest BCUT2D eigenvalue weighted by molar-refractivity contribution is 5.96. The molecule has 0 spiro atoms. The number of benzene rings is 2. The number of non-ortho nitro benzene ring substituents is 1.